The van der Waals surface area contributed by atoms with Gasteiger partial charge in [-0.3, -0.25) is 32.5 Å². The molecule has 6 saturated carbocycles. The molecule has 2 heterocycles. The van der Waals surface area contributed by atoms with Gasteiger partial charge >= 0.3 is 30.8 Å². The normalized spacial score (nSPS) is 40.8. The Morgan fingerprint density at radius 3 is 1.38 bits per heavy atom. The predicted octanol–water partition coefficient (Wildman–Crippen LogP) is 9.16. The molecule has 0 amide bonds. The van der Waals surface area contributed by atoms with Crippen molar-refractivity contribution in [2.75, 3.05) is 52.3 Å². The van der Waals surface area contributed by atoms with E-state index in [1.54, 1.807) is 67.5 Å². The smallest absolute Gasteiger partial charge is 0.390 e. The topological polar surface area (TPSA) is 290 Å². The molecule has 0 aromatic heterocycles. The highest BCUT2D eigenvalue weighted by atomic mass is 32.2. The van der Waals surface area contributed by atoms with Gasteiger partial charge in [-0.25, -0.2) is 8.78 Å². The van der Waals surface area contributed by atoms with E-state index in [9.17, 15) is 65.2 Å². The van der Waals surface area contributed by atoms with E-state index >= 15 is 8.78 Å². The number of halogens is 5. The van der Waals surface area contributed by atoms with Crippen molar-refractivity contribution in [3.63, 3.8) is 0 Å². The third-order valence-corrected chi connectivity index (χ3v) is 25.4. The number of rotatable bonds is 18. The van der Waals surface area contributed by atoms with Gasteiger partial charge in [0.25, 0.3) is 0 Å². The van der Waals surface area contributed by atoms with Gasteiger partial charge in [-0.2, -0.15) is 21.6 Å². The van der Waals surface area contributed by atoms with Crippen LogP contribution >= 0.6 is 15.2 Å². The largest absolute Gasteiger partial charge is 0.523 e. The Morgan fingerprint density at radius 1 is 0.636 bits per heavy atom. The van der Waals surface area contributed by atoms with E-state index in [1.807, 2.05) is 13.8 Å². The van der Waals surface area contributed by atoms with Crippen LogP contribution in [0.4, 0.5) is 22.0 Å². The van der Waals surface area contributed by atoms with Crippen LogP contribution in [0.25, 0.3) is 0 Å². The summed E-state index contributed by atoms with van der Waals surface area (Å²) < 4.78 is 170. The number of ether oxygens (including phenoxy) is 5. The van der Waals surface area contributed by atoms with Gasteiger partial charge in [0.15, 0.2) is 63.6 Å². The number of aliphatic hydroxyl groups excluding tert-OH is 3. The Morgan fingerprint density at radius 2 is 1.01 bits per heavy atom. The average molecular weight is 1320 g/mol. The summed E-state index contributed by atoms with van der Waals surface area (Å²) in [6, 6.07) is 0. The minimum absolute atomic E-state index is 0.0109. The number of carbonyl (C=O) groups excluding carboxylic acids is 4. The zero-order valence-corrected chi connectivity index (χ0v) is 54.4. The lowest BCUT2D eigenvalue weighted by Gasteiger charge is -2.62. The molecule has 0 bridgehead atoms. The van der Waals surface area contributed by atoms with E-state index in [0.29, 0.717) is 44.1 Å². The van der Waals surface area contributed by atoms with Gasteiger partial charge in [0.1, 0.15) is 19.6 Å². The van der Waals surface area contributed by atoms with Crippen LogP contribution in [0.15, 0.2) is 47.6 Å². The zero-order valence-electron chi connectivity index (χ0n) is 51.8. The van der Waals surface area contributed by atoms with Gasteiger partial charge in [0.05, 0.1) is 50.8 Å². The molecule has 2 aliphatic heterocycles. The second-order valence-corrected chi connectivity index (χ2v) is 31.8. The summed E-state index contributed by atoms with van der Waals surface area (Å²) >= 11 is 0. The minimum Gasteiger partial charge on any atom is -0.390 e. The number of ketones is 4. The Hall–Kier alpha value is -2.82. The first-order chi connectivity index (χ1) is 40.6. The van der Waals surface area contributed by atoms with Crippen molar-refractivity contribution < 1.29 is 120 Å². The molecular weight excluding hydrogens is 1230 g/mol. The second-order valence-electron chi connectivity index (χ2n) is 26.2. The maximum absolute atomic E-state index is 17.5. The monoisotopic (exact) mass is 1320 g/mol. The van der Waals surface area contributed by atoms with Crippen molar-refractivity contribution in [2.24, 2.45) is 45.3 Å². The van der Waals surface area contributed by atoms with Gasteiger partial charge in [0.2, 0.25) is 0 Å². The Bertz CT molecular complexity index is 3080. The Balaban J connectivity index is 0.000000185. The summed E-state index contributed by atoms with van der Waals surface area (Å²) in [6.07, 6.45) is 5.99. The highest BCUT2D eigenvalue weighted by Crippen LogP contribution is 2.74. The molecule has 88 heavy (non-hydrogen) atoms. The third-order valence-electron chi connectivity index (χ3n) is 20.7. The van der Waals surface area contributed by atoms with Gasteiger partial charge in [0, 0.05) is 33.5 Å². The molecule has 16 atom stereocenters. The van der Waals surface area contributed by atoms with Crippen LogP contribution < -0.4 is 0 Å². The van der Waals surface area contributed by atoms with Gasteiger partial charge < -0.3 is 57.1 Å². The van der Waals surface area contributed by atoms with Crippen LogP contribution in [0.3, 0.4) is 0 Å². The number of alkyl halides is 5. The minimum atomic E-state index is -5.80. The fraction of sp³-hybridized carbons (Fsp3) is 0.797. The number of carbonyl (C=O) groups is 4. The summed E-state index contributed by atoms with van der Waals surface area (Å²) in [4.78, 5) is 51.3. The van der Waals surface area contributed by atoms with Gasteiger partial charge in [-0.05, 0) is 157 Å². The number of fused-ring (bicyclic) bond motifs is 14. The molecule has 0 aromatic rings. The van der Waals surface area contributed by atoms with E-state index in [2.05, 4.69) is 13.2 Å². The van der Waals surface area contributed by atoms with E-state index in [4.69, 9.17) is 32.7 Å². The number of allylic oxidation sites excluding steroid dienone is 8. The molecular formula is C59H85F5O21P2S. The summed E-state index contributed by atoms with van der Waals surface area (Å²) in [6.45, 7) is 19.4. The maximum Gasteiger partial charge on any atom is 0.523 e. The highest BCUT2D eigenvalue weighted by Gasteiger charge is 2.82. The zero-order chi connectivity index (χ0) is 65.7. The summed E-state index contributed by atoms with van der Waals surface area (Å²) in [5.41, 5.74) is -15.2. The lowest BCUT2D eigenvalue weighted by molar-refractivity contribution is -0.246. The molecule has 10 aliphatic rings. The first kappa shape index (κ1) is 71.0. The number of Topliss-reactive ketones (excluding diaryl/α,β-unsaturated/α-hetero) is 2. The standard InChI is InChI=1S/C29H42FO9P.C24H31FO6.C6H12F3O6PS/c1-7-36-40(34,37-8-2)17-35-16-23(33)29-24(38-25(3,4)39-29)14-21-20-10-9-18-13-19(31)11-12-26(18,5)28(20,30)22(32)15-27(21,29)6;1-20(2)30-19-10-16-15-6-5-13-9-14(27)7-8-21(13,3)23(15,25)17(28)11-22(16,4)24(19,31-20)18(29)12-26;1-3-13-16(10,14-4-2)5-15-17(11,12)6(7,8)9/h11-13,20-22,24,32H,7-10,14-17H2,1-6H3;7-9,15-17,19,26,28H,5-6,10-12H2,1-4H3;3-5H2,1-2H3/t20-,21-,22-,24+,26-,27-,28-,29+;15-,16-,17-,19+,21-,22-,23-,24+;/m00./s1. The maximum atomic E-state index is 17.5. The van der Waals surface area contributed by atoms with E-state index in [1.165, 1.54) is 38.2 Å². The van der Waals surface area contributed by atoms with E-state index < -0.39 is 160 Å². The van der Waals surface area contributed by atoms with E-state index in [0.717, 1.165) is 5.57 Å². The van der Waals surface area contributed by atoms with Gasteiger partial charge in [-0.1, -0.05) is 37.1 Å². The third kappa shape index (κ3) is 11.2. The van der Waals surface area contributed by atoms with Crippen molar-refractivity contribution in [1.29, 1.82) is 0 Å². The SMILES string of the molecule is CC1(C)O[C@@H]2C[C@H]3[C@@H]4CCC5=CC(=O)C=C[C@]5(C)[C@@]4(F)[C@@H](O)C[C@]3(C)[C@]2(C(=O)CO)O1.CCOP(=O)(COCC(=O)[C@@]12OC(C)(C)O[C@@H]1C[C@H]1[C@@H]3CCC4=CC(=O)C=C[C@]4(C)[C@@]3(F)[C@@H](O)C[C@@]12C)OCC.CCOP(=O)(COS(=O)(=O)C(F)(F)F)OCC. The molecule has 498 valence electrons. The summed E-state index contributed by atoms with van der Waals surface area (Å²) in [5.74, 6) is -5.06. The molecule has 2 saturated heterocycles. The molecule has 8 fully saturated rings. The van der Waals surface area contributed by atoms with Crippen LogP contribution in [0.2, 0.25) is 0 Å². The second kappa shape index (κ2) is 24.2. The van der Waals surface area contributed by atoms with Crippen molar-refractivity contribution in [1.82, 2.24) is 0 Å². The van der Waals surface area contributed by atoms with Gasteiger partial charge in [-0.15, -0.1) is 0 Å². The molecule has 0 spiro atoms. The van der Waals surface area contributed by atoms with Crippen LogP contribution in [0, 0.1) is 45.3 Å². The number of aliphatic hydroxyl groups is 3. The van der Waals surface area contributed by atoms with Crippen LogP contribution in [0.5, 0.6) is 0 Å². The summed E-state index contributed by atoms with van der Waals surface area (Å²) in [7, 11) is -13.3. The number of hydrogen-bond donors (Lipinski definition) is 3. The first-order valence-electron chi connectivity index (χ1n) is 29.9. The molecule has 3 N–H and O–H groups in total. The van der Waals surface area contributed by atoms with Crippen molar-refractivity contribution in [3.8, 4) is 0 Å². The number of hydrogen-bond acceptors (Lipinski definition) is 21. The molecule has 21 nitrogen and oxygen atoms in total. The Labute approximate surface area is 510 Å². The highest BCUT2D eigenvalue weighted by molar-refractivity contribution is 7.87. The lowest BCUT2D eigenvalue weighted by Crippen LogP contribution is -2.70. The summed E-state index contributed by atoms with van der Waals surface area (Å²) in [5, 5.41) is 32.8. The Kier molecular flexibility index (Phi) is 19.5. The van der Waals surface area contributed by atoms with Crippen LogP contribution in [-0.2, 0) is 84.4 Å². The molecule has 0 radical (unpaired) electrons. The fourth-order valence-electron chi connectivity index (χ4n) is 17.3. The van der Waals surface area contributed by atoms with E-state index in [-0.39, 0.29) is 62.7 Å². The van der Waals surface area contributed by atoms with Crippen molar-refractivity contribution in [2.45, 2.75) is 198 Å². The lowest BCUT2D eigenvalue weighted by atomic mass is 9.44. The molecule has 10 rings (SSSR count). The molecule has 29 heteroatoms. The predicted molar refractivity (Wildman–Crippen MR) is 304 cm³/mol. The fourth-order valence-corrected chi connectivity index (χ4v) is 20.8. The average Bonchev–Trinajstić information content (AvgIpc) is 1.42. The molecule has 8 aliphatic carbocycles. The van der Waals surface area contributed by atoms with Crippen LogP contribution in [-0.4, -0.2) is 163 Å². The van der Waals surface area contributed by atoms with Crippen LogP contribution in [0.1, 0.15) is 134 Å². The molecule has 0 aromatic carbocycles. The molecule has 0 unspecified atom stereocenters. The van der Waals surface area contributed by atoms with Crippen molar-refractivity contribution >= 4 is 48.4 Å². The van der Waals surface area contributed by atoms with Crippen molar-refractivity contribution in [3.05, 3.63) is 47.6 Å². The first-order valence-corrected chi connectivity index (χ1v) is 34.8. The quantitative estimate of drug-likeness (QED) is 0.0499.